The van der Waals surface area contributed by atoms with Crippen molar-refractivity contribution in [2.24, 2.45) is 0 Å². The van der Waals surface area contributed by atoms with Crippen LogP contribution in [0.3, 0.4) is 0 Å². The van der Waals surface area contributed by atoms with E-state index in [1.165, 1.54) is 17.5 Å². The quantitative estimate of drug-likeness (QED) is 0.421. The van der Waals surface area contributed by atoms with Gasteiger partial charge >= 0.3 is 0 Å². The minimum atomic E-state index is -0.468. The number of hydrogen-bond acceptors (Lipinski definition) is 5. The summed E-state index contributed by atoms with van der Waals surface area (Å²) < 4.78 is 2.00. The highest BCUT2D eigenvalue weighted by Gasteiger charge is 2.38. The van der Waals surface area contributed by atoms with E-state index in [-0.39, 0.29) is 11.8 Å². The van der Waals surface area contributed by atoms with Gasteiger partial charge in [0.25, 0.3) is 5.91 Å². The lowest BCUT2D eigenvalue weighted by Crippen LogP contribution is -2.49. The topological polar surface area (TPSA) is 82.8 Å². The number of allylic oxidation sites excluding steroid dienone is 1. The molecule has 0 bridgehead atoms. The number of nitrogens with one attached hydrogen (secondary N) is 1. The highest BCUT2D eigenvalue weighted by Crippen LogP contribution is 2.35. The maximum Gasteiger partial charge on any atom is 0.255 e. The third-order valence-electron chi connectivity index (χ3n) is 8.34. The molecule has 0 aliphatic carbocycles. The van der Waals surface area contributed by atoms with Crippen LogP contribution < -0.4 is 5.32 Å². The summed E-state index contributed by atoms with van der Waals surface area (Å²) in [6.45, 7) is 6.17. The van der Waals surface area contributed by atoms with E-state index >= 15 is 0 Å². The van der Waals surface area contributed by atoms with Crippen LogP contribution >= 0.6 is 0 Å². The predicted octanol–water partition coefficient (Wildman–Crippen LogP) is 4.48. The van der Waals surface area contributed by atoms with Gasteiger partial charge in [-0.1, -0.05) is 43.0 Å². The van der Waals surface area contributed by atoms with E-state index in [1.807, 2.05) is 16.5 Å². The summed E-state index contributed by atoms with van der Waals surface area (Å²) in [6, 6.07) is 21.0. The number of rotatable bonds is 5. The number of hydrogen-bond donors (Lipinski definition) is 1. The molecule has 0 spiro atoms. The molecule has 3 aliphatic heterocycles. The fourth-order valence-corrected chi connectivity index (χ4v) is 6.41. The number of likely N-dealkylation sites (tertiary alicyclic amines) is 1. The first-order valence-electron chi connectivity index (χ1n) is 13.6. The molecule has 2 saturated heterocycles. The van der Waals surface area contributed by atoms with E-state index in [2.05, 4.69) is 75.5 Å². The van der Waals surface area contributed by atoms with Gasteiger partial charge in [0.2, 0.25) is 5.91 Å². The molecule has 0 radical (unpaired) electrons. The van der Waals surface area contributed by atoms with Crippen molar-refractivity contribution in [1.29, 1.82) is 0 Å². The van der Waals surface area contributed by atoms with Gasteiger partial charge < -0.3 is 10.2 Å². The van der Waals surface area contributed by atoms with E-state index in [1.54, 1.807) is 11.2 Å². The number of fused-ring (bicyclic) bond motifs is 2. The predicted molar refractivity (Wildman–Crippen MR) is 147 cm³/mol. The third kappa shape index (κ3) is 4.21. The van der Waals surface area contributed by atoms with Crippen molar-refractivity contribution in [3.63, 3.8) is 0 Å². The molecule has 2 amide bonds. The van der Waals surface area contributed by atoms with E-state index in [9.17, 15) is 9.59 Å². The lowest BCUT2D eigenvalue weighted by molar-refractivity contribution is -0.126. The van der Waals surface area contributed by atoms with Crippen molar-refractivity contribution in [1.82, 2.24) is 29.7 Å². The van der Waals surface area contributed by atoms with Crippen LogP contribution in [0.15, 0.2) is 79.3 Å². The molecule has 8 heteroatoms. The maximum atomic E-state index is 13.2. The van der Waals surface area contributed by atoms with Gasteiger partial charge in [0.1, 0.15) is 12.4 Å². The molecule has 2 fully saturated rings. The minimum absolute atomic E-state index is 0.0894. The molecule has 2 unspecified atom stereocenters. The molecule has 1 N–H and O–H groups in total. The fourth-order valence-electron chi connectivity index (χ4n) is 6.41. The van der Waals surface area contributed by atoms with Gasteiger partial charge in [0.05, 0.1) is 5.69 Å². The number of pyridine rings is 1. The summed E-state index contributed by atoms with van der Waals surface area (Å²) >= 11 is 0. The van der Waals surface area contributed by atoms with Gasteiger partial charge in [-0.25, -0.2) is 0 Å². The van der Waals surface area contributed by atoms with Crippen LogP contribution in [0, 0.1) is 0 Å². The largest absolute Gasteiger partial charge is 0.329 e. The first-order valence-corrected chi connectivity index (χ1v) is 13.6. The Hall–Kier alpha value is -4.30. The van der Waals surface area contributed by atoms with E-state index in [4.69, 9.17) is 0 Å². The van der Waals surface area contributed by atoms with Gasteiger partial charge in [-0.3, -0.25) is 18.9 Å². The van der Waals surface area contributed by atoms with Gasteiger partial charge in [0, 0.05) is 30.4 Å². The summed E-state index contributed by atoms with van der Waals surface area (Å²) in [5, 5.41) is 11.4. The SMILES string of the molecule is C=C1CCC(N2Cc3cc(-c4cc(CN5CCCC5c5ccccc5)cc5nncn45)ccc3C2=O)C(=O)N1. The normalized spacial score (nSPS) is 21.5. The molecule has 8 nitrogen and oxygen atoms in total. The molecular formula is C31H30N6O2. The summed E-state index contributed by atoms with van der Waals surface area (Å²) in [7, 11) is 0. The zero-order chi connectivity index (χ0) is 26.5. The molecule has 5 heterocycles. The molecule has 4 aromatic rings. The lowest BCUT2D eigenvalue weighted by atomic mass is 10.0. The van der Waals surface area contributed by atoms with Crippen LogP contribution in [-0.2, 0) is 17.9 Å². The first kappa shape index (κ1) is 23.8. The molecule has 2 aromatic heterocycles. The number of amides is 2. The number of carbonyl (C=O) groups is 2. The number of carbonyl (C=O) groups excluding carboxylic acids is 2. The second kappa shape index (κ2) is 9.47. The molecule has 2 atom stereocenters. The lowest BCUT2D eigenvalue weighted by Gasteiger charge is -2.30. The second-order valence-electron chi connectivity index (χ2n) is 10.8. The Kier molecular flexibility index (Phi) is 5.77. The standard InChI is InChI=1S/C31H30N6O2/c1-20-9-12-27(30(38)33-20)36-18-24-16-23(10-11-25(24)31(36)39)28-14-21(15-29-34-32-19-37(28)29)17-35-13-5-8-26(35)22-6-3-2-4-7-22/h2-4,6-7,10-11,14-16,19,26-27H,1,5,8-9,12-13,17-18H2,(H,33,38). The Morgan fingerprint density at radius 2 is 1.87 bits per heavy atom. The second-order valence-corrected chi connectivity index (χ2v) is 10.8. The van der Waals surface area contributed by atoms with Crippen LogP contribution in [0.1, 0.15) is 58.8 Å². The Bertz CT molecular complexity index is 1610. The molecule has 39 heavy (non-hydrogen) atoms. The van der Waals surface area contributed by atoms with Crippen molar-refractivity contribution in [3.05, 3.63) is 102 Å². The zero-order valence-corrected chi connectivity index (χ0v) is 21.7. The molecular weight excluding hydrogens is 488 g/mol. The van der Waals surface area contributed by atoms with Gasteiger partial charge in [-0.05, 0) is 78.7 Å². The van der Waals surface area contributed by atoms with Gasteiger partial charge in [0.15, 0.2) is 5.65 Å². The van der Waals surface area contributed by atoms with Crippen LogP contribution in [0.25, 0.3) is 16.9 Å². The monoisotopic (exact) mass is 518 g/mol. The fraction of sp³-hybridized carbons (Fsp3) is 0.290. The van der Waals surface area contributed by atoms with E-state index < -0.39 is 6.04 Å². The Morgan fingerprint density at radius 1 is 1.00 bits per heavy atom. The number of benzene rings is 2. The number of aromatic nitrogens is 3. The van der Waals surface area contributed by atoms with Crippen LogP contribution in [0.5, 0.6) is 0 Å². The average molecular weight is 519 g/mol. The van der Waals surface area contributed by atoms with Crippen molar-refractivity contribution < 1.29 is 9.59 Å². The summed E-state index contributed by atoms with van der Waals surface area (Å²) in [6.07, 6.45) is 5.36. The smallest absolute Gasteiger partial charge is 0.255 e. The van der Waals surface area contributed by atoms with Gasteiger partial charge in [-0.2, -0.15) is 0 Å². The van der Waals surface area contributed by atoms with Gasteiger partial charge in [-0.15, -0.1) is 10.2 Å². The Labute approximate surface area is 227 Å². The summed E-state index contributed by atoms with van der Waals surface area (Å²) in [5.41, 5.74) is 7.65. The number of piperidine rings is 1. The maximum absolute atomic E-state index is 13.2. The van der Waals surface area contributed by atoms with Crippen LogP contribution in [0.4, 0.5) is 0 Å². The third-order valence-corrected chi connectivity index (χ3v) is 8.34. The van der Waals surface area contributed by atoms with Crippen molar-refractivity contribution in [2.45, 2.75) is 50.9 Å². The van der Waals surface area contributed by atoms with E-state index in [0.717, 1.165) is 42.0 Å². The summed E-state index contributed by atoms with van der Waals surface area (Å²) in [4.78, 5) is 30.1. The Balaban J connectivity index is 1.19. The minimum Gasteiger partial charge on any atom is -0.329 e. The molecule has 3 aliphatic rings. The van der Waals surface area contributed by atoms with Crippen molar-refractivity contribution in [2.75, 3.05) is 6.54 Å². The summed E-state index contributed by atoms with van der Waals surface area (Å²) in [5.74, 6) is -0.240. The molecule has 2 aromatic carbocycles. The van der Waals surface area contributed by atoms with Crippen LogP contribution in [0.2, 0.25) is 0 Å². The van der Waals surface area contributed by atoms with Crippen molar-refractivity contribution >= 4 is 17.5 Å². The average Bonchev–Trinajstić information content (AvgIpc) is 3.68. The number of nitrogens with zero attached hydrogens (tertiary/aromatic N) is 5. The molecule has 196 valence electrons. The molecule has 7 rings (SSSR count). The Morgan fingerprint density at radius 3 is 2.72 bits per heavy atom. The highest BCUT2D eigenvalue weighted by atomic mass is 16.2. The highest BCUT2D eigenvalue weighted by molar-refractivity contribution is 6.02. The van der Waals surface area contributed by atoms with Crippen LogP contribution in [-0.4, -0.2) is 48.8 Å². The first-order chi connectivity index (χ1) is 19.0. The van der Waals surface area contributed by atoms with E-state index in [0.29, 0.717) is 36.7 Å². The molecule has 0 saturated carbocycles. The zero-order valence-electron chi connectivity index (χ0n) is 21.7. The van der Waals surface area contributed by atoms with Crippen molar-refractivity contribution in [3.8, 4) is 11.3 Å².